The van der Waals surface area contributed by atoms with Gasteiger partial charge < -0.3 is 33.7 Å². The number of carbonyl (C=O) groups is 1. The normalized spacial score (nSPS) is 29.4. The molecule has 3 fully saturated rings. The van der Waals surface area contributed by atoms with Crippen LogP contribution in [-0.4, -0.2) is 59.8 Å². The Bertz CT molecular complexity index is 1070. The summed E-state index contributed by atoms with van der Waals surface area (Å²) >= 11 is 17.4. The molecule has 8 nitrogen and oxygen atoms in total. The number of amides is 1. The van der Waals surface area contributed by atoms with Crippen LogP contribution in [0.15, 0.2) is 60.7 Å². The van der Waals surface area contributed by atoms with Crippen molar-refractivity contribution in [2.24, 2.45) is 0 Å². The zero-order valence-electron chi connectivity index (χ0n) is 22.0. The molecule has 2 saturated heterocycles. The summed E-state index contributed by atoms with van der Waals surface area (Å²) in [5.74, 6) is 0. The number of benzene rings is 2. The lowest BCUT2D eigenvalue weighted by molar-refractivity contribution is -0.354. The molecule has 0 aromatic heterocycles. The topological polar surface area (TPSA) is 84.5 Å². The first-order valence-corrected chi connectivity index (χ1v) is 14.8. The average Bonchev–Trinajstić information content (AvgIpc) is 2.97. The van der Waals surface area contributed by atoms with Gasteiger partial charge >= 0.3 is 6.09 Å². The number of hydrogen-bond acceptors (Lipinski definition) is 7. The molecule has 0 bridgehead atoms. The van der Waals surface area contributed by atoms with Crippen molar-refractivity contribution >= 4 is 40.9 Å². The summed E-state index contributed by atoms with van der Waals surface area (Å²) in [7, 11) is 0. The van der Waals surface area contributed by atoms with Crippen molar-refractivity contribution in [3.8, 4) is 0 Å². The van der Waals surface area contributed by atoms with Crippen LogP contribution in [-0.2, 0) is 35.0 Å². The van der Waals surface area contributed by atoms with Crippen molar-refractivity contribution in [1.82, 2.24) is 5.32 Å². The summed E-state index contributed by atoms with van der Waals surface area (Å²) < 4.78 is 35.4. The Morgan fingerprint density at radius 2 is 1.65 bits per heavy atom. The highest BCUT2D eigenvalue weighted by atomic mass is 35.6. The van der Waals surface area contributed by atoms with Gasteiger partial charge in [-0.1, -0.05) is 115 Å². The lowest BCUT2D eigenvalue weighted by Gasteiger charge is -2.49. The van der Waals surface area contributed by atoms with Gasteiger partial charge in [-0.15, -0.1) is 0 Å². The van der Waals surface area contributed by atoms with E-state index < -0.39 is 53.4 Å². The number of ether oxygens (including phenoxy) is 6. The summed E-state index contributed by atoms with van der Waals surface area (Å²) in [5.41, 5.74) is 1.84. The molecule has 2 aromatic carbocycles. The standard InChI is InChI=1S/C29H34Cl3NO7/c30-29(31,32)18-37-28(34)33-23-25(35-16-19-10-4-1-5-11-19)24-22(39-27(23)38-21-14-8-3-9-15-21)17-36-26(40-24)20-12-6-2-7-13-20/h1-2,4-7,10-13,21-27H,3,8-9,14-18H2,(H,33,34)/t22-,23-,24+,25-,26?,27-/m1/s1. The van der Waals surface area contributed by atoms with Crippen molar-refractivity contribution < 1.29 is 33.2 Å². The second kappa shape index (κ2) is 14.0. The Balaban J connectivity index is 1.40. The molecule has 0 radical (unpaired) electrons. The lowest BCUT2D eigenvalue weighted by atomic mass is 9.94. The monoisotopic (exact) mass is 613 g/mol. The van der Waals surface area contributed by atoms with Gasteiger partial charge in [-0.25, -0.2) is 4.79 Å². The number of nitrogens with one attached hydrogen (secondary N) is 1. The van der Waals surface area contributed by atoms with Gasteiger partial charge in [-0.2, -0.15) is 0 Å². The van der Waals surface area contributed by atoms with Crippen molar-refractivity contribution in [1.29, 1.82) is 0 Å². The van der Waals surface area contributed by atoms with Crippen LogP contribution in [0.4, 0.5) is 4.79 Å². The summed E-state index contributed by atoms with van der Waals surface area (Å²) in [6.07, 6.45) is 1.19. The van der Waals surface area contributed by atoms with Crippen LogP contribution in [0.2, 0.25) is 0 Å². The number of alkyl carbamates (subject to hydrolysis) is 1. The van der Waals surface area contributed by atoms with E-state index in [0.29, 0.717) is 0 Å². The SMILES string of the molecule is O=C(N[C@H]1[C@H](OC2CCCCC2)O[C@@H]2COC(c3ccccc3)O[C@@H]2[C@@H]1OCc1ccccc1)OCC(Cl)(Cl)Cl. The van der Waals surface area contributed by atoms with Crippen LogP contribution in [0, 0.1) is 0 Å². The van der Waals surface area contributed by atoms with Crippen LogP contribution in [0.1, 0.15) is 49.5 Å². The van der Waals surface area contributed by atoms with Crippen LogP contribution >= 0.6 is 34.8 Å². The largest absolute Gasteiger partial charge is 0.445 e. The van der Waals surface area contributed by atoms with Gasteiger partial charge in [-0.05, 0) is 18.4 Å². The van der Waals surface area contributed by atoms with Crippen LogP contribution in [0.3, 0.4) is 0 Å². The number of carbonyl (C=O) groups excluding carboxylic acids is 1. The highest BCUT2D eigenvalue weighted by Crippen LogP contribution is 2.37. The number of fused-ring (bicyclic) bond motifs is 1. The minimum atomic E-state index is -1.75. The number of halogens is 3. The van der Waals surface area contributed by atoms with Gasteiger partial charge in [0, 0.05) is 5.56 Å². The zero-order chi connectivity index (χ0) is 28.0. The molecule has 5 rings (SSSR count). The van der Waals surface area contributed by atoms with E-state index in [1.807, 2.05) is 60.7 Å². The van der Waals surface area contributed by atoms with E-state index in [4.69, 9.17) is 63.2 Å². The highest BCUT2D eigenvalue weighted by molar-refractivity contribution is 6.67. The lowest BCUT2D eigenvalue weighted by Crippen LogP contribution is -2.67. The van der Waals surface area contributed by atoms with Crippen molar-refractivity contribution in [2.45, 2.75) is 85.5 Å². The average molecular weight is 615 g/mol. The van der Waals surface area contributed by atoms with E-state index in [2.05, 4.69) is 5.32 Å². The van der Waals surface area contributed by atoms with Gasteiger partial charge in [0.05, 0.1) is 19.3 Å². The molecular weight excluding hydrogens is 581 g/mol. The Hall–Kier alpha value is -1.62. The van der Waals surface area contributed by atoms with Gasteiger partial charge in [0.2, 0.25) is 3.79 Å². The van der Waals surface area contributed by atoms with E-state index in [0.717, 1.165) is 36.8 Å². The maximum Gasteiger partial charge on any atom is 0.407 e. The predicted octanol–water partition coefficient (Wildman–Crippen LogP) is 6.23. The first-order chi connectivity index (χ1) is 19.4. The molecule has 2 aromatic rings. The maximum absolute atomic E-state index is 12.9. The van der Waals surface area contributed by atoms with Gasteiger partial charge in [-0.3, -0.25) is 0 Å². The van der Waals surface area contributed by atoms with E-state index in [-0.39, 0.29) is 19.3 Å². The van der Waals surface area contributed by atoms with E-state index >= 15 is 0 Å². The second-order valence-corrected chi connectivity index (χ2v) is 12.8. The van der Waals surface area contributed by atoms with Crippen molar-refractivity contribution in [3.63, 3.8) is 0 Å². The van der Waals surface area contributed by atoms with E-state index in [1.54, 1.807) is 0 Å². The molecule has 1 saturated carbocycles. The first-order valence-electron chi connectivity index (χ1n) is 13.6. The molecule has 1 unspecified atom stereocenters. The van der Waals surface area contributed by atoms with Crippen molar-refractivity contribution in [2.75, 3.05) is 13.2 Å². The molecule has 2 heterocycles. The Morgan fingerprint density at radius 1 is 0.950 bits per heavy atom. The minimum Gasteiger partial charge on any atom is -0.445 e. The summed E-state index contributed by atoms with van der Waals surface area (Å²) in [6.45, 7) is 0.129. The van der Waals surface area contributed by atoms with Gasteiger partial charge in [0.15, 0.2) is 12.6 Å². The molecular formula is C29H34Cl3NO7. The third kappa shape index (κ3) is 8.23. The molecule has 2 aliphatic heterocycles. The molecule has 40 heavy (non-hydrogen) atoms. The number of hydrogen-bond donors (Lipinski definition) is 1. The van der Waals surface area contributed by atoms with Crippen LogP contribution < -0.4 is 5.32 Å². The predicted molar refractivity (Wildman–Crippen MR) is 150 cm³/mol. The van der Waals surface area contributed by atoms with Crippen molar-refractivity contribution in [3.05, 3.63) is 71.8 Å². The zero-order valence-corrected chi connectivity index (χ0v) is 24.2. The molecule has 11 heteroatoms. The Morgan fingerprint density at radius 3 is 2.35 bits per heavy atom. The Labute approximate surface area is 249 Å². The van der Waals surface area contributed by atoms with E-state index in [1.165, 1.54) is 6.42 Å². The van der Waals surface area contributed by atoms with E-state index in [9.17, 15) is 4.79 Å². The fourth-order valence-corrected chi connectivity index (χ4v) is 5.47. The Kier molecular flexibility index (Phi) is 10.5. The molecule has 1 N–H and O–H groups in total. The second-order valence-electron chi connectivity index (χ2n) is 10.2. The molecule has 218 valence electrons. The third-order valence-electron chi connectivity index (χ3n) is 7.23. The maximum atomic E-state index is 12.9. The quantitative estimate of drug-likeness (QED) is 0.353. The smallest absolute Gasteiger partial charge is 0.407 e. The van der Waals surface area contributed by atoms with Crippen LogP contribution in [0.25, 0.3) is 0 Å². The van der Waals surface area contributed by atoms with Gasteiger partial charge in [0.1, 0.15) is 31.0 Å². The molecule has 1 aliphatic carbocycles. The highest BCUT2D eigenvalue weighted by Gasteiger charge is 2.52. The third-order valence-corrected chi connectivity index (χ3v) is 7.55. The number of rotatable bonds is 8. The molecule has 6 atom stereocenters. The summed E-state index contributed by atoms with van der Waals surface area (Å²) in [6, 6.07) is 18.7. The first kappa shape index (κ1) is 29.9. The van der Waals surface area contributed by atoms with Crippen LogP contribution in [0.5, 0.6) is 0 Å². The molecule has 3 aliphatic rings. The van der Waals surface area contributed by atoms with Gasteiger partial charge in [0.25, 0.3) is 0 Å². The molecule has 0 spiro atoms. The fraction of sp³-hybridized carbons (Fsp3) is 0.552. The summed E-state index contributed by atoms with van der Waals surface area (Å²) in [5, 5.41) is 2.87. The molecule has 1 amide bonds. The fourth-order valence-electron chi connectivity index (χ4n) is 5.30. The number of alkyl halides is 3. The summed E-state index contributed by atoms with van der Waals surface area (Å²) in [4.78, 5) is 12.9. The minimum absolute atomic E-state index is 0.00550.